The molecule has 202 valence electrons. The second kappa shape index (κ2) is 9.96. The van der Waals surface area contributed by atoms with Crippen LogP contribution in [-0.4, -0.2) is 67.2 Å². The predicted octanol–water partition coefficient (Wildman–Crippen LogP) is -0.212. The molecule has 0 bridgehead atoms. The van der Waals surface area contributed by atoms with Crippen LogP contribution in [0.4, 0.5) is 5.13 Å². The van der Waals surface area contributed by atoms with Crippen LogP contribution in [0.25, 0.3) is 0 Å². The molecule has 6 N–H and O–H groups in total. The summed E-state index contributed by atoms with van der Waals surface area (Å²) in [5, 5.41) is 27.8. The molecule has 37 heavy (non-hydrogen) atoms. The van der Waals surface area contributed by atoms with Crippen LogP contribution in [0.2, 0.25) is 0 Å². The molecule has 16 nitrogen and oxygen atoms in total. The number of thiazole rings is 1. The lowest BCUT2D eigenvalue weighted by atomic mass is 9.84. The number of rotatable bonds is 9. The number of nitrogen functional groups attached to an aromatic ring is 1. The zero-order chi connectivity index (χ0) is 27.9. The van der Waals surface area contributed by atoms with E-state index < -0.39 is 62.7 Å². The topological polar surface area (TPSA) is 236 Å². The van der Waals surface area contributed by atoms with Crippen LogP contribution in [0, 0.1) is 5.92 Å². The van der Waals surface area contributed by atoms with Crippen molar-refractivity contribution < 1.29 is 42.0 Å². The van der Waals surface area contributed by atoms with Crippen LogP contribution < -0.4 is 16.5 Å². The van der Waals surface area contributed by atoms with Crippen molar-refractivity contribution in [3.8, 4) is 5.75 Å². The zero-order valence-corrected chi connectivity index (χ0v) is 21.5. The van der Waals surface area contributed by atoms with E-state index in [0.29, 0.717) is 9.79 Å². The summed E-state index contributed by atoms with van der Waals surface area (Å²) in [5.74, 6) is -3.04. The lowest BCUT2D eigenvalue weighted by Gasteiger charge is -2.50. The van der Waals surface area contributed by atoms with Crippen molar-refractivity contribution in [2.24, 2.45) is 11.1 Å². The first kappa shape index (κ1) is 27.8. The van der Waals surface area contributed by atoms with Crippen LogP contribution in [0.5, 0.6) is 5.75 Å². The zero-order valence-electron chi connectivity index (χ0n) is 19.8. The molecule has 2 aromatic heterocycles. The van der Waals surface area contributed by atoms with E-state index in [2.05, 4.69) is 19.7 Å². The minimum Gasteiger partial charge on any atom is -0.503 e. The van der Waals surface area contributed by atoms with Gasteiger partial charge < -0.3 is 26.2 Å². The maximum atomic E-state index is 13.2. The summed E-state index contributed by atoms with van der Waals surface area (Å²) in [5.41, 5.74) is 2.96. The van der Waals surface area contributed by atoms with Crippen molar-refractivity contribution in [2.75, 3.05) is 5.73 Å². The normalized spacial score (nSPS) is 18.4. The molecule has 0 aromatic carbocycles. The Hall–Kier alpha value is -3.74. The average molecular weight is 561 g/mol. The lowest BCUT2D eigenvalue weighted by molar-refractivity contribution is -0.218. The largest absolute Gasteiger partial charge is 0.503 e. The summed E-state index contributed by atoms with van der Waals surface area (Å²) in [6, 6.07) is -0.348. The molecular formula is C19H24N6O10S2. The minimum absolute atomic E-state index is 0.0229. The monoisotopic (exact) mass is 560 g/mol. The molecule has 0 aliphatic carbocycles. The summed E-state index contributed by atoms with van der Waals surface area (Å²) in [6.07, 6.45) is -0.308. The minimum atomic E-state index is -4.99. The van der Waals surface area contributed by atoms with Gasteiger partial charge >= 0.3 is 10.4 Å². The van der Waals surface area contributed by atoms with E-state index in [4.69, 9.17) is 15.1 Å². The Kier molecular flexibility index (Phi) is 7.49. The molecule has 1 fully saturated rings. The molecule has 1 aliphatic rings. The highest BCUT2D eigenvalue weighted by molar-refractivity contribution is 7.80. The Morgan fingerprint density at radius 2 is 2.00 bits per heavy atom. The average Bonchev–Trinajstić information content (AvgIpc) is 3.21. The summed E-state index contributed by atoms with van der Waals surface area (Å²) in [7, 11) is -4.99. The molecule has 1 unspecified atom stereocenters. The molecule has 3 heterocycles. The summed E-state index contributed by atoms with van der Waals surface area (Å²) in [6.45, 7) is 6.10. The molecule has 2 amide bonds. The molecule has 2 aromatic rings. The number of oxime groups is 1. The first-order valence-corrected chi connectivity index (χ1v) is 12.7. The number of hydroxylamine groups is 2. The third-order valence-corrected chi connectivity index (χ3v) is 6.31. The van der Waals surface area contributed by atoms with E-state index in [-0.39, 0.29) is 16.5 Å². The molecule has 3 rings (SSSR count). The SMILES string of the molecule is CC(C)C(O/N=C(/C(=O)N[C@@H]1C(=O)N(OS(=O)(=O)O)C1(C)C)c1csc(N)n1)c1cc(=O)c(O)cn1O. The van der Waals surface area contributed by atoms with E-state index in [0.717, 1.165) is 23.6 Å². The quantitative estimate of drug-likeness (QED) is 0.0880. The Bertz CT molecular complexity index is 1410. The number of aromatic hydroxyl groups is 1. The molecule has 0 spiro atoms. The van der Waals surface area contributed by atoms with Crippen LogP contribution in [0.1, 0.15) is 45.2 Å². The Morgan fingerprint density at radius 3 is 2.51 bits per heavy atom. The van der Waals surface area contributed by atoms with E-state index in [1.165, 1.54) is 19.2 Å². The van der Waals surface area contributed by atoms with Gasteiger partial charge in [0.25, 0.3) is 11.8 Å². The fourth-order valence-electron chi connectivity index (χ4n) is 3.39. The molecule has 2 atom stereocenters. The molecule has 1 saturated heterocycles. The lowest BCUT2D eigenvalue weighted by Crippen LogP contribution is -2.76. The number of anilines is 1. The number of carbonyl (C=O) groups is 2. The van der Waals surface area contributed by atoms with E-state index in [9.17, 15) is 33.1 Å². The van der Waals surface area contributed by atoms with Gasteiger partial charge in [-0.05, 0) is 19.8 Å². The van der Waals surface area contributed by atoms with Gasteiger partial charge in [0.2, 0.25) is 5.43 Å². The van der Waals surface area contributed by atoms with Gasteiger partial charge in [0.05, 0.1) is 11.7 Å². The third-order valence-electron chi connectivity index (χ3n) is 5.30. The van der Waals surface area contributed by atoms with Gasteiger partial charge in [-0.3, -0.25) is 18.9 Å². The molecule has 0 radical (unpaired) electrons. The van der Waals surface area contributed by atoms with Gasteiger partial charge in [-0.2, -0.15) is 18.2 Å². The predicted molar refractivity (Wildman–Crippen MR) is 127 cm³/mol. The van der Waals surface area contributed by atoms with Crippen LogP contribution in [-0.2, 0) is 29.1 Å². The standard InChI is InChI=1S/C19H24N6O10S2/c1-8(2)14(10-5-11(26)12(27)6-24(10)30)34-23-13(9-7-36-18(20)21-9)16(28)22-15-17(29)25(19(15,3)4)35-37(31,32)33/h5-8,14-15,27,30H,1-4H3,(H2,20,21)(H,22,28)(H,31,32,33)/b23-13+/t14?,15-/m1/s1. The number of carbonyl (C=O) groups excluding carboxylic acids is 2. The number of β-lactam (4-membered cyclic amide) rings is 1. The van der Waals surface area contributed by atoms with Crippen LogP contribution >= 0.6 is 11.3 Å². The van der Waals surface area contributed by atoms with Crippen molar-refractivity contribution in [1.82, 2.24) is 20.1 Å². The number of amides is 2. The number of hydrogen-bond acceptors (Lipinski definition) is 13. The van der Waals surface area contributed by atoms with Crippen molar-refractivity contribution >= 4 is 44.4 Å². The fraction of sp³-hybridized carbons (Fsp3) is 0.421. The summed E-state index contributed by atoms with van der Waals surface area (Å²) >= 11 is 0.986. The molecule has 1 aliphatic heterocycles. The van der Waals surface area contributed by atoms with Crippen LogP contribution in [0.3, 0.4) is 0 Å². The summed E-state index contributed by atoms with van der Waals surface area (Å²) < 4.78 is 35.7. The van der Waals surface area contributed by atoms with Crippen molar-refractivity contribution in [3.63, 3.8) is 0 Å². The highest BCUT2D eigenvalue weighted by Crippen LogP contribution is 2.33. The smallest absolute Gasteiger partial charge is 0.418 e. The van der Waals surface area contributed by atoms with E-state index in [1.54, 1.807) is 13.8 Å². The Balaban J connectivity index is 1.92. The van der Waals surface area contributed by atoms with E-state index in [1.807, 2.05) is 0 Å². The number of nitrogens with two attached hydrogens (primary N) is 1. The molecule has 18 heteroatoms. The Morgan fingerprint density at radius 1 is 1.35 bits per heavy atom. The highest BCUT2D eigenvalue weighted by atomic mass is 32.3. The first-order valence-electron chi connectivity index (χ1n) is 10.4. The van der Waals surface area contributed by atoms with Crippen LogP contribution in [0.15, 0.2) is 27.6 Å². The van der Waals surface area contributed by atoms with Gasteiger partial charge in [-0.1, -0.05) is 19.0 Å². The van der Waals surface area contributed by atoms with Gasteiger partial charge in [0, 0.05) is 11.4 Å². The second-order valence-electron chi connectivity index (χ2n) is 8.77. The number of nitrogens with one attached hydrogen (secondary N) is 1. The third kappa shape index (κ3) is 5.82. The highest BCUT2D eigenvalue weighted by Gasteiger charge is 2.58. The first-order chi connectivity index (χ1) is 17.0. The van der Waals surface area contributed by atoms with Gasteiger partial charge in [0.1, 0.15) is 17.4 Å². The van der Waals surface area contributed by atoms with Gasteiger partial charge in [-0.15, -0.1) is 15.6 Å². The number of hydrogen-bond donors (Lipinski definition) is 5. The number of aromatic nitrogens is 2. The summed E-state index contributed by atoms with van der Waals surface area (Å²) in [4.78, 5) is 47.0. The molecular weight excluding hydrogens is 536 g/mol. The van der Waals surface area contributed by atoms with Gasteiger partial charge in [0.15, 0.2) is 22.7 Å². The second-order valence-corrected chi connectivity index (χ2v) is 10.7. The maximum absolute atomic E-state index is 13.2. The Labute approximate surface area is 213 Å². The van der Waals surface area contributed by atoms with Crippen molar-refractivity contribution in [1.29, 1.82) is 0 Å². The van der Waals surface area contributed by atoms with Crippen molar-refractivity contribution in [2.45, 2.75) is 45.4 Å². The number of pyridine rings is 1. The fourth-order valence-corrected chi connectivity index (χ4v) is 4.39. The van der Waals surface area contributed by atoms with Crippen molar-refractivity contribution in [3.05, 3.63) is 39.3 Å². The number of nitrogens with zero attached hydrogens (tertiary/aromatic N) is 4. The molecule has 0 saturated carbocycles. The van der Waals surface area contributed by atoms with E-state index >= 15 is 0 Å². The van der Waals surface area contributed by atoms with Gasteiger partial charge in [-0.25, -0.2) is 4.98 Å². The maximum Gasteiger partial charge on any atom is 0.418 e.